The van der Waals surface area contributed by atoms with Crippen LogP contribution < -0.4 is 0 Å². The van der Waals surface area contributed by atoms with Crippen LogP contribution in [0.15, 0.2) is 41.7 Å². The van der Waals surface area contributed by atoms with Crippen molar-refractivity contribution in [1.82, 2.24) is 0 Å². The number of ether oxygens (including phenoxy) is 1. The van der Waals surface area contributed by atoms with Crippen molar-refractivity contribution in [3.63, 3.8) is 0 Å². The van der Waals surface area contributed by atoms with Gasteiger partial charge in [0.05, 0.1) is 6.10 Å². The van der Waals surface area contributed by atoms with Crippen LogP contribution in [-0.4, -0.2) is 11.2 Å². The normalized spacial score (nSPS) is 31.8. The molecule has 1 aliphatic carbocycles. The second-order valence-corrected chi connectivity index (χ2v) is 5.45. The molecule has 1 N–H and O–H groups in total. The van der Waals surface area contributed by atoms with E-state index in [1.807, 2.05) is 18.2 Å². The Morgan fingerprint density at radius 2 is 2.00 bits per heavy atom. The van der Waals surface area contributed by atoms with Crippen molar-refractivity contribution in [2.45, 2.75) is 44.8 Å². The molecule has 1 aromatic rings. The molecule has 0 saturated carbocycles. The van der Waals surface area contributed by atoms with Gasteiger partial charge in [-0.1, -0.05) is 37.3 Å². The highest BCUT2D eigenvalue weighted by Gasteiger charge is 2.34. The first-order valence-corrected chi connectivity index (χ1v) is 6.88. The van der Waals surface area contributed by atoms with Crippen molar-refractivity contribution in [3.8, 4) is 0 Å². The molecule has 1 heterocycles. The summed E-state index contributed by atoms with van der Waals surface area (Å²) < 4.78 is 6.18. The average molecular weight is 244 g/mol. The van der Waals surface area contributed by atoms with Gasteiger partial charge in [-0.2, -0.15) is 0 Å². The first-order chi connectivity index (χ1) is 8.75. The van der Waals surface area contributed by atoms with Crippen molar-refractivity contribution in [1.29, 1.82) is 0 Å². The Bertz CT molecular complexity index is 449. The second-order valence-electron chi connectivity index (χ2n) is 5.45. The van der Waals surface area contributed by atoms with Gasteiger partial charge in [0.1, 0.15) is 11.9 Å². The number of benzene rings is 1. The summed E-state index contributed by atoms with van der Waals surface area (Å²) in [5.41, 5.74) is 2.32. The molecule has 0 aromatic heterocycles. The fourth-order valence-electron chi connectivity index (χ4n) is 3.11. The summed E-state index contributed by atoms with van der Waals surface area (Å²) in [5.74, 6) is 1.52. The van der Waals surface area contributed by atoms with Gasteiger partial charge in [0.15, 0.2) is 0 Å². The van der Waals surface area contributed by atoms with Gasteiger partial charge >= 0.3 is 0 Å². The Balaban J connectivity index is 1.89. The van der Waals surface area contributed by atoms with Crippen LogP contribution >= 0.6 is 0 Å². The maximum absolute atomic E-state index is 10.3. The predicted molar refractivity (Wildman–Crippen MR) is 70.9 cm³/mol. The molecule has 0 fully saturated rings. The minimum atomic E-state index is -0.318. The molecule has 0 saturated heterocycles. The van der Waals surface area contributed by atoms with E-state index < -0.39 is 0 Å². The molecule has 0 bridgehead atoms. The highest BCUT2D eigenvalue weighted by atomic mass is 16.5. The zero-order valence-electron chi connectivity index (χ0n) is 10.8. The van der Waals surface area contributed by atoms with E-state index in [9.17, 15) is 5.11 Å². The lowest BCUT2D eigenvalue weighted by Crippen LogP contribution is -2.29. The van der Waals surface area contributed by atoms with Gasteiger partial charge in [-0.3, -0.25) is 0 Å². The number of rotatable bonds is 1. The third-order valence-corrected chi connectivity index (χ3v) is 4.13. The standard InChI is InChI=1S/C16H20O2/c1-11-6-5-9-13-14(17)10-15(18-16(11)13)12-7-3-2-4-8-12/h2-4,7-8,11,14-15,17H,5-6,9-10H2,1H3/t11?,14-,15-/m1/s1. The van der Waals surface area contributed by atoms with Gasteiger partial charge in [-0.25, -0.2) is 0 Å². The van der Waals surface area contributed by atoms with Crippen molar-refractivity contribution in [3.05, 3.63) is 47.2 Å². The molecule has 3 atom stereocenters. The molecule has 2 nitrogen and oxygen atoms in total. The lowest BCUT2D eigenvalue weighted by Gasteiger charge is -2.37. The van der Waals surface area contributed by atoms with Crippen LogP contribution in [0.3, 0.4) is 0 Å². The van der Waals surface area contributed by atoms with Crippen LogP contribution in [0, 0.1) is 5.92 Å². The van der Waals surface area contributed by atoms with Crippen LogP contribution in [0.25, 0.3) is 0 Å². The van der Waals surface area contributed by atoms with Gasteiger partial charge in [0.25, 0.3) is 0 Å². The van der Waals surface area contributed by atoms with Crippen molar-refractivity contribution < 1.29 is 9.84 Å². The summed E-state index contributed by atoms with van der Waals surface area (Å²) in [5, 5.41) is 10.3. The van der Waals surface area contributed by atoms with E-state index in [2.05, 4.69) is 19.1 Å². The molecule has 1 unspecified atom stereocenters. The summed E-state index contributed by atoms with van der Waals surface area (Å²) in [7, 11) is 0. The van der Waals surface area contributed by atoms with E-state index >= 15 is 0 Å². The van der Waals surface area contributed by atoms with Gasteiger partial charge in [0.2, 0.25) is 0 Å². The third-order valence-electron chi connectivity index (χ3n) is 4.13. The van der Waals surface area contributed by atoms with Gasteiger partial charge in [0, 0.05) is 12.3 Å². The minimum Gasteiger partial charge on any atom is -0.490 e. The predicted octanol–water partition coefficient (Wildman–Crippen LogP) is 3.58. The van der Waals surface area contributed by atoms with Gasteiger partial charge in [-0.05, 0) is 30.4 Å². The Hall–Kier alpha value is -1.28. The van der Waals surface area contributed by atoms with Crippen molar-refractivity contribution >= 4 is 0 Å². The van der Waals surface area contributed by atoms with E-state index in [4.69, 9.17) is 4.74 Å². The third kappa shape index (κ3) is 2.05. The van der Waals surface area contributed by atoms with Crippen molar-refractivity contribution in [2.24, 2.45) is 5.92 Å². The Morgan fingerprint density at radius 3 is 2.78 bits per heavy atom. The number of hydrogen-bond donors (Lipinski definition) is 1. The molecule has 0 amide bonds. The van der Waals surface area contributed by atoms with Gasteiger partial charge < -0.3 is 9.84 Å². The number of aliphatic hydroxyl groups is 1. The minimum absolute atomic E-state index is 0.0144. The van der Waals surface area contributed by atoms with E-state index in [1.165, 1.54) is 18.4 Å². The number of allylic oxidation sites excluding steroid dienone is 1. The van der Waals surface area contributed by atoms with E-state index in [0.29, 0.717) is 12.3 Å². The zero-order valence-corrected chi connectivity index (χ0v) is 10.8. The SMILES string of the molecule is CC1CCCC2=C1O[C@@H](c1ccccc1)C[C@H]2O. The fourth-order valence-corrected chi connectivity index (χ4v) is 3.11. The van der Waals surface area contributed by atoms with Crippen LogP contribution in [-0.2, 0) is 4.74 Å². The first kappa shape index (κ1) is 11.8. The maximum Gasteiger partial charge on any atom is 0.126 e. The summed E-state index contributed by atoms with van der Waals surface area (Å²) in [4.78, 5) is 0. The second kappa shape index (κ2) is 4.77. The largest absolute Gasteiger partial charge is 0.490 e. The molecule has 96 valence electrons. The Kier molecular flexibility index (Phi) is 3.13. The summed E-state index contributed by atoms with van der Waals surface area (Å²) >= 11 is 0. The lowest BCUT2D eigenvalue weighted by molar-refractivity contribution is 0.0123. The van der Waals surface area contributed by atoms with Crippen LogP contribution in [0.5, 0.6) is 0 Å². The van der Waals surface area contributed by atoms with Crippen LogP contribution in [0.1, 0.15) is 44.3 Å². The Labute approximate surface area is 108 Å². The fraction of sp³-hybridized carbons (Fsp3) is 0.500. The lowest BCUT2D eigenvalue weighted by atomic mass is 9.83. The topological polar surface area (TPSA) is 29.5 Å². The molecule has 0 spiro atoms. The molecule has 1 aromatic carbocycles. The van der Waals surface area contributed by atoms with E-state index in [-0.39, 0.29) is 12.2 Å². The summed E-state index contributed by atoms with van der Waals surface area (Å²) in [6, 6.07) is 10.2. The van der Waals surface area contributed by atoms with E-state index in [1.54, 1.807) is 0 Å². The zero-order chi connectivity index (χ0) is 12.5. The highest BCUT2D eigenvalue weighted by molar-refractivity contribution is 5.26. The highest BCUT2D eigenvalue weighted by Crippen LogP contribution is 2.42. The maximum atomic E-state index is 10.3. The molecular formula is C16H20O2. The van der Waals surface area contributed by atoms with Gasteiger partial charge in [-0.15, -0.1) is 0 Å². The molecule has 2 aliphatic rings. The Morgan fingerprint density at radius 1 is 1.22 bits per heavy atom. The van der Waals surface area contributed by atoms with Crippen molar-refractivity contribution in [2.75, 3.05) is 0 Å². The molecule has 0 radical (unpaired) electrons. The quantitative estimate of drug-likeness (QED) is 0.818. The van der Waals surface area contributed by atoms with Crippen LogP contribution in [0.4, 0.5) is 0 Å². The molecule has 3 rings (SSSR count). The summed E-state index contributed by atoms with van der Waals surface area (Å²) in [6.07, 6.45) is 3.74. The summed E-state index contributed by atoms with van der Waals surface area (Å²) in [6.45, 7) is 2.20. The smallest absolute Gasteiger partial charge is 0.126 e. The monoisotopic (exact) mass is 244 g/mol. The number of hydrogen-bond acceptors (Lipinski definition) is 2. The molecule has 18 heavy (non-hydrogen) atoms. The average Bonchev–Trinajstić information content (AvgIpc) is 2.41. The molecule has 1 aliphatic heterocycles. The molecule has 2 heteroatoms. The van der Waals surface area contributed by atoms with E-state index in [0.717, 1.165) is 17.8 Å². The molecular weight excluding hydrogens is 224 g/mol. The first-order valence-electron chi connectivity index (χ1n) is 6.88. The van der Waals surface area contributed by atoms with Crippen LogP contribution in [0.2, 0.25) is 0 Å². The number of aliphatic hydroxyl groups excluding tert-OH is 1.